The zero-order chi connectivity index (χ0) is 24.2. The Hall–Kier alpha value is -3.12. The number of ether oxygens (including phenoxy) is 2. The van der Waals surface area contributed by atoms with Crippen LogP contribution in [0.4, 0.5) is 0 Å². The zero-order valence-electron chi connectivity index (χ0n) is 19.7. The van der Waals surface area contributed by atoms with Gasteiger partial charge < -0.3 is 23.4 Å². The molecule has 3 rings (SSSR count). The number of rotatable bonds is 12. The summed E-state index contributed by atoms with van der Waals surface area (Å²) in [6.07, 6.45) is 0.935. The van der Waals surface area contributed by atoms with Crippen LogP contribution in [0, 0.1) is 0 Å². The van der Waals surface area contributed by atoms with Crippen molar-refractivity contribution in [2.45, 2.75) is 19.6 Å². The number of hydrogen-bond donors (Lipinski definition) is 0. The molecule has 0 aliphatic carbocycles. The van der Waals surface area contributed by atoms with E-state index in [4.69, 9.17) is 23.4 Å². The molecule has 0 bridgehead atoms. The van der Waals surface area contributed by atoms with Crippen molar-refractivity contribution in [2.75, 3.05) is 27.5 Å². The molecule has 180 valence electrons. The molecule has 0 heterocycles. The summed E-state index contributed by atoms with van der Waals surface area (Å²) in [6.45, 7) is 0.822. The Labute approximate surface area is 200 Å². The normalized spacial score (nSPS) is 11.8. The van der Waals surface area contributed by atoms with Crippen LogP contribution >= 0.6 is 7.60 Å². The van der Waals surface area contributed by atoms with Crippen LogP contribution in [0.15, 0.2) is 84.0 Å². The number of aryl methyl sites for hydroxylation is 1. The van der Waals surface area contributed by atoms with Crippen LogP contribution in [0.3, 0.4) is 0 Å². The molecule has 0 saturated carbocycles. The molecule has 0 radical (unpaired) electrons. The van der Waals surface area contributed by atoms with E-state index in [9.17, 15) is 4.57 Å². The Kier molecular flexibility index (Phi) is 9.71. The Morgan fingerprint density at radius 2 is 1.35 bits per heavy atom. The average Bonchev–Trinajstić information content (AvgIpc) is 2.90. The predicted octanol–water partition coefficient (Wildman–Crippen LogP) is 5.82. The Bertz CT molecular complexity index is 1080. The lowest BCUT2D eigenvalue weighted by atomic mass is 10.1. The van der Waals surface area contributed by atoms with Gasteiger partial charge in [-0.25, -0.2) is 0 Å². The van der Waals surface area contributed by atoms with Crippen LogP contribution < -0.4 is 4.74 Å². The van der Waals surface area contributed by atoms with E-state index in [-0.39, 0.29) is 0 Å². The van der Waals surface area contributed by atoms with E-state index < -0.39 is 7.60 Å². The molecule has 3 aromatic carbocycles. The van der Waals surface area contributed by atoms with Crippen molar-refractivity contribution in [3.8, 4) is 5.75 Å². The fraction of sp³-hybridized carbons (Fsp3) is 0.269. The maximum Gasteiger partial charge on any atom is 0.330 e. The topological polar surface area (TPSA) is 75.6 Å². The number of hydrogen-bond acceptors (Lipinski definition) is 7. The number of nitrogens with zero attached hydrogens (tertiary/aromatic N) is 1. The maximum atomic E-state index is 12.2. The minimum atomic E-state index is -3.00. The second kappa shape index (κ2) is 12.9. The largest absolute Gasteiger partial charge is 0.489 e. The van der Waals surface area contributed by atoms with E-state index in [1.165, 1.54) is 21.3 Å². The van der Waals surface area contributed by atoms with Gasteiger partial charge >= 0.3 is 7.60 Å². The molecule has 7 nitrogen and oxygen atoms in total. The lowest BCUT2D eigenvalue weighted by Crippen LogP contribution is -2.07. The van der Waals surface area contributed by atoms with E-state index in [0.29, 0.717) is 31.7 Å². The van der Waals surface area contributed by atoms with Gasteiger partial charge in [0.2, 0.25) is 0 Å². The maximum absolute atomic E-state index is 12.2. The second-order valence-electron chi connectivity index (χ2n) is 7.43. The summed E-state index contributed by atoms with van der Waals surface area (Å²) < 4.78 is 33.8. The highest BCUT2D eigenvalue weighted by atomic mass is 31.2. The van der Waals surface area contributed by atoms with E-state index >= 15 is 0 Å². The van der Waals surface area contributed by atoms with Gasteiger partial charge in [-0.2, -0.15) is 0 Å². The molecule has 0 aliphatic rings. The van der Waals surface area contributed by atoms with Crippen molar-refractivity contribution in [1.82, 2.24) is 0 Å². The molecule has 34 heavy (non-hydrogen) atoms. The van der Waals surface area contributed by atoms with Crippen LogP contribution in [0.2, 0.25) is 0 Å². The first-order valence-electron chi connectivity index (χ1n) is 10.8. The van der Waals surface area contributed by atoms with Gasteiger partial charge in [-0.05, 0) is 52.5 Å². The number of benzene rings is 3. The van der Waals surface area contributed by atoms with Gasteiger partial charge in [-0.15, -0.1) is 0 Å². The zero-order valence-corrected chi connectivity index (χ0v) is 20.6. The molecule has 3 aromatic rings. The molecule has 0 aliphatic heterocycles. The minimum Gasteiger partial charge on any atom is -0.489 e. The van der Waals surface area contributed by atoms with Crippen molar-refractivity contribution in [3.63, 3.8) is 0 Å². The van der Waals surface area contributed by atoms with Gasteiger partial charge in [-0.3, -0.25) is 4.57 Å². The first-order valence-corrected chi connectivity index (χ1v) is 12.6. The van der Waals surface area contributed by atoms with Crippen LogP contribution in [0.25, 0.3) is 0 Å². The van der Waals surface area contributed by atoms with E-state index in [1.807, 2.05) is 78.9 Å². The van der Waals surface area contributed by atoms with E-state index in [2.05, 4.69) is 5.16 Å². The fourth-order valence-corrected chi connectivity index (χ4v) is 4.20. The Morgan fingerprint density at radius 3 is 1.94 bits per heavy atom. The van der Waals surface area contributed by atoms with E-state index in [1.54, 1.807) is 0 Å². The molecule has 8 heteroatoms. The summed E-state index contributed by atoms with van der Waals surface area (Å²) in [5, 5.41) is 3.98. The van der Waals surface area contributed by atoms with Gasteiger partial charge in [0.1, 0.15) is 26.1 Å². The third-order valence-corrected chi connectivity index (χ3v) is 7.04. The first kappa shape index (κ1) is 25.5. The van der Waals surface area contributed by atoms with Crippen molar-refractivity contribution in [3.05, 3.63) is 101 Å². The summed E-state index contributed by atoms with van der Waals surface area (Å²) in [6, 6.07) is 25.4. The summed E-state index contributed by atoms with van der Waals surface area (Å²) in [5.41, 5.74) is 3.95. The lowest BCUT2D eigenvalue weighted by molar-refractivity contribution is 0.188. The third-order valence-electron chi connectivity index (χ3n) is 5.15. The SMILES string of the molecule is CO/N=C(\OCc1ccc(COc2ccc(CCP(=O)(OC)OC)cc2)cc1)c1ccccc1. The van der Waals surface area contributed by atoms with Gasteiger partial charge in [0.25, 0.3) is 5.90 Å². The van der Waals surface area contributed by atoms with Crippen LogP contribution in [-0.4, -0.2) is 33.4 Å². The van der Waals surface area contributed by atoms with Crippen molar-refractivity contribution < 1.29 is 27.9 Å². The third kappa shape index (κ3) is 7.73. The molecule has 0 N–H and O–H groups in total. The standard InChI is InChI=1S/C26H30NO6P/c1-29-27-26(24-7-5-4-6-8-24)33-20-23-11-9-22(10-12-23)19-32-25-15-13-21(14-16-25)17-18-34(28,30-2)31-3/h4-16H,17-20H2,1-3H3/b27-26-. The number of oxime groups is 1. The monoisotopic (exact) mass is 483 g/mol. The molecule has 0 unspecified atom stereocenters. The van der Waals surface area contributed by atoms with Crippen molar-refractivity contribution in [2.24, 2.45) is 5.16 Å². The minimum absolute atomic E-state index is 0.334. The van der Waals surface area contributed by atoms with Crippen molar-refractivity contribution >= 4 is 13.5 Å². The fourth-order valence-electron chi connectivity index (χ4n) is 3.15. The van der Waals surface area contributed by atoms with Crippen LogP contribution in [0.5, 0.6) is 5.75 Å². The highest BCUT2D eigenvalue weighted by molar-refractivity contribution is 7.53. The molecule has 0 fully saturated rings. The first-order chi connectivity index (χ1) is 16.5. The summed E-state index contributed by atoms with van der Waals surface area (Å²) in [4.78, 5) is 4.91. The molecule has 0 aromatic heterocycles. The smallest absolute Gasteiger partial charge is 0.330 e. The average molecular weight is 484 g/mol. The van der Waals surface area contributed by atoms with Gasteiger partial charge in [-0.1, -0.05) is 54.6 Å². The quantitative estimate of drug-likeness (QED) is 0.140. The van der Waals surface area contributed by atoms with E-state index in [0.717, 1.165) is 28.0 Å². The molecule has 0 amide bonds. The highest BCUT2D eigenvalue weighted by Gasteiger charge is 2.20. The van der Waals surface area contributed by atoms with Gasteiger partial charge in [0, 0.05) is 19.8 Å². The summed E-state index contributed by atoms with van der Waals surface area (Å²) in [5.74, 6) is 1.20. The molecule has 0 saturated heterocycles. The molecule has 0 atom stereocenters. The summed E-state index contributed by atoms with van der Waals surface area (Å²) >= 11 is 0. The van der Waals surface area contributed by atoms with Gasteiger partial charge in [0.05, 0.1) is 6.16 Å². The highest BCUT2D eigenvalue weighted by Crippen LogP contribution is 2.46. The molecule has 0 spiro atoms. The summed E-state index contributed by atoms with van der Waals surface area (Å²) in [7, 11) is 1.30. The van der Waals surface area contributed by atoms with Crippen molar-refractivity contribution in [1.29, 1.82) is 0 Å². The van der Waals surface area contributed by atoms with Crippen LogP contribution in [-0.2, 0) is 42.8 Å². The Balaban J connectivity index is 1.48. The lowest BCUT2D eigenvalue weighted by Gasteiger charge is -2.13. The molecular formula is C26H30NO6P. The Morgan fingerprint density at radius 1 is 0.765 bits per heavy atom. The van der Waals surface area contributed by atoms with Gasteiger partial charge in [0.15, 0.2) is 0 Å². The van der Waals surface area contributed by atoms with Crippen LogP contribution in [0.1, 0.15) is 22.3 Å². The predicted molar refractivity (Wildman–Crippen MR) is 132 cm³/mol. The second-order valence-corrected chi connectivity index (χ2v) is 9.83. The molecular weight excluding hydrogens is 453 g/mol.